The van der Waals surface area contributed by atoms with Gasteiger partial charge in [-0.2, -0.15) is 0 Å². The highest BCUT2D eigenvalue weighted by Crippen LogP contribution is 2.23. The van der Waals surface area contributed by atoms with Crippen molar-refractivity contribution in [1.82, 2.24) is 0 Å². The SMILES string of the molecule is ON=C(Cl)c1ccc(Cl)c(Br)c1. The maximum Gasteiger partial charge on any atom is 0.175 e. The highest BCUT2D eigenvalue weighted by atomic mass is 79.9. The second-order valence-corrected chi connectivity index (χ2v) is 3.64. The fraction of sp³-hybridized carbons (Fsp3) is 0. The number of oxime groups is 1. The molecule has 0 bridgehead atoms. The molecular weight excluding hydrogens is 265 g/mol. The van der Waals surface area contributed by atoms with Crippen LogP contribution in [0.15, 0.2) is 27.8 Å². The molecule has 0 heterocycles. The normalized spacial score (nSPS) is 11.8. The molecule has 0 saturated heterocycles. The summed E-state index contributed by atoms with van der Waals surface area (Å²) in [5.74, 6) is 0. The number of benzene rings is 1. The van der Waals surface area contributed by atoms with Gasteiger partial charge in [0.05, 0.1) is 5.02 Å². The predicted molar refractivity (Wildman–Crippen MR) is 53.3 cm³/mol. The zero-order valence-electron chi connectivity index (χ0n) is 5.76. The van der Waals surface area contributed by atoms with E-state index in [1.54, 1.807) is 18.2 Å². The van der Waals surface area contributed by atoms with Crippen molar-refractivity contribution in [3.05, 3.63) is 33.3 Å². The first-order valence-corrected chi connectivity index (χ1v) is 4.53. The molecule has 1 rings (SSSR count). The average Bonchev–Trinajstić information content (AvgIpc) is 2.08. The van der Waals surface area contributed by atoms with E-state index >= 15 is 0 Å². The van der Waals surface area contributed by atoms with Crippen LogP contribution in [0.25, 0.3) is 0 Å². The molecule has 12 heavy (non-hydrogen) atoms. The van der Waals surface area contributed by atoms with Gasteiger partial charge in [-0.3, -0.25) is 0 Å². The Bertz CT molecular complexity index is 327. The summed E-state index contributed by atoms with van der Waals surface area (Å²) in [5.41, 5.74) is 0.607. The highest BCUT2D eigenvalue weighted by molar-refractivity contribution is 9.10. The first-order valence-electron chi connectivity index (χ1n) is 2.98. The first-order chi connectivity index (χ1) is 5.65. The lowest BCUT2D eigenvalue weighted by Crippen LogP contribution is -1.90. The summed E-state index contributed by atoms with van der Waals surface area (Å²) in [7, 11) is 0. The minimum absolute atomic E-state index is 0.0346. The van der Waals surface area contributed by atoms with Crippen molar-refractivity contribution >= 4 is 44.3 Å². The van der Waals surface area contributed by atoms with Gasteiger partial charge < -0.3 is 5.21 Å². The molecule has 0 aliphatic heterocycles. The number of hydrogen-bond acceptors (Lipinski definition) is 2. The second kappa shape index (κ2) is 4.12. The fourth-order valence-corrected chi connectivity index (χ4v) is 1.30. The van der Waals surface area contributed by atoms with E-state index in [9.17, 15) is 0 Å². The molecule has 0 spiro atoms. The Morgan fingerprint density at radius 2 is 2.17 bits per heavy atom. The molecule has 0 unspecified atom stereocenters. The van der Waals surface area contributed by atoms with Gasteiger partial charge in [0, 0.05) is 10.0 Å². The minimum Gasteiger partial charge on any atom is -0.410 e. The molecule has 0 aliphatic carbocycles. The Hall–Kier alpha value is -0.250. The van der Waals surface area contributed by atoms with Gasteiger partial charge in [0.2, 0.25) is 0 Å². The third kappa shape index (κ3) is 2.12. The molecule has 0 amide bonds. The van der Waals surface area contributed by atoms with E-state index in [1.165, 1.54) is 0 Å². The maximum atomic E-state index is 8.36. The Labute approximate surface area is 87.9 Å². The molecule has 0 atom stereocenters. The van der Waals surface area contributed by atoms with Crippen LogP contribution in [0.3, 0.4) is 0 Å². The van der Waals surface area contributed by atoms with Gasteiger partial charge in [-0.25, -0.2) is 0 Å². The van der Waals surface area contributed by atoms with E-state index in [2.05, 4.69) is 21.1 Å². The quantitative estimate of drug-likeness (QED) is 0.472. The van der Waals surface area contributed by atoms with Crippen LogP contribution in [-0.4, -0.2) is 10.4 Å². The first kappa shape index (κ1) is 9.84. The van der Waals surface area contributed by atoms with Crippen molar-refractivity contribution < 1.29 is 5.21 Å². The van der Waals surface area contributed by atoms with Crippen LogP contribution in [0.5, 0.6) is 0 Å². The topological polar surface area (TPSA) is 32.6 Å². The molecule has 1 aromatic carbocycles. The van der Waals surface area contributed by atoms with Crippen LogP contribution in [0.4, 0.5) is 0 Å². The van der Waals surface area contributed by atoms with E-state index in [0.717, 1.165) is 0 Å². The van der Waals surface area contributed by atoms with Gasteiger partial charge in [-0.1, -0.05) is 34.4 Å². The van der Waals surface area contributed by atoms with E-state index in [-0.39, 0.29) is 5.17 Å². The molecule has 64 valence electrons. The van der Waals surface area contributed by atoms with Crippen LogP contribution in [-0.2, 0) is 0 Å². The van der Waals surface area contributed by atoms with Crippen molar-refractivity contribution in [2.45, 2.75) is 0 Å². The van der Waals surface area contributed by atoms with Crippen LogP contribution < -0.4 is 0 Å². The van der Waals surface area contributed by atoms with E-state index in [1.807, 2.05) is 0 Å². The molecule has 2 nitrogen and oxygen atoms in total. The van der Waals surface area contributed by atoms with Gasteiger partial charge in [0.1, 0.15) is 0 Å². The standard InChI is InChI=1S/C7H4BrCl2NO/c8-5-3-4(7(10)11-12)1-2-6(5)9/h1-3,12H. The smallest absolute Gasteiger partial charge is 0.175 e. The molecule has 0 saturated carbocycles. The van der Waals surface area contributed by atoms with Gasteiger partial charge in [-0.15, -0.1) is 0 Å². The molecule has 1 N–H and O–H groups in total. The Morgan fingerprint density at radius 1 is 1.50 bits per heavy atom. The summed E-state index contributed by atoms with van der Waals surface area (Å²) in [5, 5.41) is 11.8. The highest BCUT2D eigenvalue weighted by Gasteiger charge is 2.03. The van der Waals surface area contributed by atoms with Gasteiger partial charge in [0.15, 0.2) is 5.17 Å². The van der Waals surface area contributed by atoms with Crippen LogP contribution in [0.2, 0.25) is 5.02 Å². The van der Waals surface area contributed by atoms with Gasteiger partial charge in [0.25, 0.3) is 0 Å². The summed E-state index contributed by atoms with van der Waals surface area (Å²) < 4.78 is 0.712. The van der Waals surface area contributed by atoms with E-state index in [0.29, 0.717) is 15.1 Å². The van der Waals surface area contributed by atoms with Crippen LogP contribution in [0.1, 0.15) is 5.56 Å². The summed E-state index contributed by atoms with van der Waals surface area (Å²) in [6.07, 6.45) is 0. The third-order valence-electron chi connectivity index (χ3n) is 1.25. The summed E-state index contributed by atoms with van der Waals surface area (Å²) in [6.45, 7) is 0. The molecular formula is C7H4BrCl2NO. The predicted octanol–water partition coefficient (Wildman–Crippen LogP) is 3.48. The molecule has 0 aromatic heterocycles. The Balaban J connectivity index is 3.13. The van der Waals surface area contributed by atoms with Gasteiger partial charge in [-0.05, 0) is 28.1 Å². The largest absolute Gasteiger partial charge is 0.410 e. The van der Waals surface area contributed by atoms with Gasteiger partial charge >= 0.3 is 0 Å². The summed E-state index contributed by atoms with van der Waals surface area (Å²) in [6, 6.07) is 4.99. The minimum atomic E-state index is 0.0346. The Kier molecular flexibility index (Phi) is 3.38. The van der Waals surface area contributed by atoms with Crippen LogP contribution in [0, 0.1) is 0 Å². The fourth-order valence-electron chi connectivity index (χ4n) is 0.682. The zero-order chi connectivity index (χ0) is 9.14. The summed E-state index contributed by atoms with van der Waals surface area (Å²) >= 11 is 14.5. The molecule has 1 aromatic rings. The lowest BCUT2D eigenvalue weighted by Gasteiger charge is -1.98. The lowest BCUT2D eigenvalue weighted by molar-refractivity contribution is 0.321. The zero-order valence-corrected chi connectivity index (χ0v) is 8.86. The second-order valence-electron chi connectivity index (χ2n) is 2.02. The van der Waals surface area contributed by atoms with Crippen LogP contribution >= 0.6 is 39.1 Å². The number of hydrogen-bond donors (Lipinski definition) is 1. The van der Waals surface area contributed by atoms with Crippen molar-refractivity contribution in [2.75, 3.05) is 0 Å². The molecule has 5 heteroatoms. The van der Waals surface area contributed by atoms with Crippen molar-refractivity contribution in [3.63, 3.8) is 0 Å². The van der Waals surface area contributed by atoms with Crippen molar-refractivity contribution in [2.24, 2.45) is 5.16 Å². The number of halogens is 3. The maximum absolute atomic E-state index is 8.36. The number of rotatable bonds is 1. The lowest BCUT2D eigenvalue weighted by atomic mass is 10.2. The average molecular weight is 269 g/mol. The van der Waals surface area contributed by atoms with Crippen molar-refractivity contribution in [1.29, 1.82) is 0 Å². The molecule has 0 aliphatic rings. The Morgan fingerprint density at radius 3 is 2.67 bits per heavy atom. The van der Waals surface area contributed by atoms with E-state index < -0.39 is 0 Å². The molecule has 0 radical (unpaired) electrons. The van der Waals surface area contributed by atoms with Crippen molar-refractivity contribution in [3.8, 4) is 0 Å². The summed E-state index contributed by atoms with van der Waals surface area (Å²) in [4.78, 5) is 0. The molecule has 0 fully saturated rings. The monoisotopic (exact) mass is 267 g/mol. The number of nitrogens with zero attached hydrogens (tertiary/aromatic N) is 1. The third-order valence-corrected chi connectivity index (χ3v) is 2.75. The van der Waals surface area contributed by atoms with E-state index in [4.69, 9.17) is 28.4 Å².